The Morgan fingerprint density at radius 2 is 2.06 bits per heavy atom. The highest BCUT2D eigenvalue weighted by atomic mass is 16.6. The Balaban J connectivity index is 2.62. The molecule has 2 aliphatic rings. The molecular weight excluding hydrogens is 236 g/mol. The van der Waals surface area contributed by atoms with Crippen LogP contribution in [0, 0.1) is 11.3 Å². The lowest BCUT2D eigenvalue weighted by atomic mass is 9.64. The van der Waals surface area contributed by atoms with E-state index >= 15 is 0 Å². The first kappa shape index (κ1) is 12.7. The molecule has 1 aliphatic carbocycles. The van der Waals surface area contributed by atoms with E-state index in [9.17, 15) is 19.5 Å². The number of Topliss-reactive ketones (excluding diaryl/α,β-unsaturated/α-hetero) is 1. The molecule has 1 fully saturated rings. The van der Waals surface area contributed by atoms with E-state index in [0.29, 0.717) is 0 Å². The molecule has 0 radical (unpaired) electrons. The minimum atomic E-state index is -1.81. The summed E-state index contributed by atoms with van der Waals surface area (Å²) in [7, 11) is 0. The molecular formula is C13H14O5. The van der Waals surface area contributed by atoms with Gasteiger partial charge in [-0.1, -0.05) is 18.2 Å². The maximum Gasteiger partial charge on any atom is 0.324 e. The molecule has 1 aliphatic heterocycles. The number of aliphatic hydroxyl groups excluding tert-OH is 1. The first-order valence-corrected chi connectivity index (χ1v) is 5.74. The van der Waals surface area contributed by atoms with Crippen LogP contribution in [0.3, 0.4) is 0 Å². The van der Waals surface area contributed by atoms with Crippen LogP contribution in [-0.4, -0.2) is 34.9 Å². The molecule has 5 nitrogen and oxygen atoms in total. The van der Waals surface area contributed by atoms with Gasteiger partial charge in [0.15, 0.2) is 23.1 Å². The third-order valence-corrected chi connectivity index (χ3v) is 3.49. The molecule has 4 atom stereocenters. The molecule has 1 spiro atoms. The quantitative estimate of drug-likeness (QED) is 0.408. The second-order valence-corrected chi connectivity index (χ2v) is 4.50. The van der Waals surface area contributed by atoms with Crippen molar-refractivity contribution in [1.82, 2.24) is 0 Å². The van der Waals surface area contributed by atoms with E-state index in [1.165, 1.54) is 19.1 Å². The highest BCUT2D eigenvalue weighted by molar-refractivity contribution is 6.17. The number of cyclic esters (lactones) is 1. The van der Waals surface area contributed by atoms with Crippen molar-refractivity contribution in [1.29, 1.82) is 0 Å². The Kier molecular flexibility index (Phi) is 2.94. The Morgan fingerprint density at radius 3 is 2.56 bits per heavy atom. The van der Waals surface area contributed by atoms with Crippen LogP contribution in [0.25, 0.3) is 0 Å². The van der Waals surface area contributed by atoms with Crippen molar-refractivity contribution in [3.05, 3.63) is 24.3 Å². The van der Waals surface area contributed by atoms with Gasteiger partial charge in [-0.05, 0) is 19.9 Å². The molecule has 1 saturated heterocycles. The molecule has 1 N–H and O–H groups in total. The summed E-state index contributed by atoms with van der Waals surface area (Å²) in [5, 5.41) is 10.0. The van der Waals surface area contributed by atoms with E-state index in [4.69, 9.17) is 4.74 Å². The van der Waals surface area contributed by atoms with E-state index in [-0.39, 0.29) is 0 Å². The molecule has 18 heavy (non-hydrogen) atoms. The van der Waals surface area contributed by atoms with Crippen LogP contribution in [-0.2, 0) is 19.1 Å². The fraction of sp³-hybridized carbons (Fsp3) is 0.462. The molecule has 2 unspecified atom stereocenters. The highest BCUT2D eigenvalue weighted by Gasteiger charge is 2.65. The zero-order chi connectivity index (χ0) is 13.5. The largest absolute Gasteiger partial charge is 0.454 e. The number of carbonyl (C=O) groups is 3. The SMILES string of the molecule is CC=C[C@H]1C=CC(=O)[C@@H](O)C12C(=O)OC(C)C2=O. The van der Waals surface area contributed by atoms with Gasteiger partial charge < -0.3 is 9.84 Å². The Labute approximate surface area is 104 Å². The van der Waals surface area contributed by atoms with Gasteiger partial charge in [-0.2, -0.15) is 0 Å². The van der Waals surface area contributed by atoms with Crippen molar-refractivity contribution in [3.8, 4) is 0 Å². The molecule has 0 amide bonds. The van der Waals surface area contributed by atoms with Gasteiger partial charge in [0.05, 0.1) is 0 Å². The first-order valence-electron chi connectivity index (χ1n) is 5.74. The number of hydrogen-bond donors (Lipinski definition) is 1. The summed E-state index contributed by atoms with van der Waals surface area (Å²) < 4.78 is 4.89. The van der Waals surface area contributed by atoms with Gasteiger partial charge in [0.25, 0.3) is 0 Å². The third kappa shape index (κ3) is 1.40. The maximum absolute atomic E-state index is 12.2. The van der Waals surface area contributed by atoms with Crippen molar-refractivity contribution in [2.75, 3.05) is 0 Å². The Morgan fingerprint density at radius 1 is 1.39 bits per heavy atom. The van der Waals surface area contributed by atoms with Crippen molar-refractivity contribution in [3.63, 3.8) is 0 Å². The van der Waals surface area contributed by atoms with Crippen molar-refractivity contribution < 1.29 is 24.2 Å². The molecule has 1 heterocycles. The van der Waals surface area contributed by atoms with Crippen molar-refractivity contribution in [2.24, 2.45) is 11.3 Å². The van der Waals surface area contributed by atoms with Crippen LogP contribution >= 0.6 is 0 Å². The number of hydrogen-bond acceptors (Lipinski definition) is 5. The van der Waals surface area contributed by atoms with Crippen molar-refractivity contribution >= 4 is 17.5 Å². The summed E-state index contributed by atoms with van der Waals surface area (Å²) in [5.74, 6) is -2.66. The van der Waals surface area contributed by atoms with Gasteiger partial charge in [-0.15, -0.1) is 0 Å². The fourth-order valence-corrected chi connectivity index (χ4v) is 2.57. The third-order valence-electron chi connectivity index (χ3n) is 3.49. The number of ether oxygens (including phenoxy) is 1. The zero-order valence-electron chi connectivity index (χ0n) is 10.1. The monoisotopic (exact) mass is 250 g/mol. The van der Waals surface area contributed by atoms with Crippen LogP contribution < -0.4 is 0 Å². The maximum atomic E-state index is 12.2. The standard InChI is InChI=1S/C13H14O5/c1-3-4-8-5-6-9(14)11(16)13(8)10(15)7(2)18-12(13)17/h3-8,11,16H,1-2H3/t7?,8-,11+,13?/m0/s1. The summed E-state index contributed by atoms with van der Waals surface area (Å²) in [6, 6.07) is 0. The minimum Gasteiger partial charge on any atom is -0.454 e. The molecule has 0 saturated carbocycles. The molecule has 0 bridgehead atoms. The predicted octanol–water partition coefficient (Wildman–Crippen LogP) is 0.179. The number of ketones is 2. The normalized spacial score (nSPS) is 39.9. The Hall–Kier alpha value is -1.75. The average Bonchev–Trinajstić information content (AvgIpc) is 2.54. The first-order chi connectivity index (χ1) is 8.46. The second-order valence-electron chi connectivity index (χ2n) is 4.50. The lowest BCUT2D eigenvalue weighted by Crippen LogP contribution is -2.55. The molecule has 0 aromatic heterocycles. The van der Waals surface area contributed by atoms with Gasteiger partial charge in [-0.25, -0.2) is 0 Å². The van der Waals surface area contributed by atoms with Crippen LogP contribution in [0.5, 0.6) is 0 Å². The summed E-state index contributed by atoms with van der Waals surface area (Å²) in [6.07, 6.45) is 3.34. The van der Waals surface area contributed by atoms with Crippen LogP contribution in [0.1, 0.15) is 13.8 Å². The lowest BCUT2D eigenvalue weighted by Gasteiger charge is -2.34. The van der Waals surface area contributed by atoms with E-state index in [1.807, 2.05) is 0 Å². The number of allylic oxidation sites excluding steroid dienone is 3. The number of esters is 1. The fourth-order valence-electron chi connectivity index (χ4n) is 2.57. The smallest absolute Gasteiger partial charge is 0.324 e. The van der Waals surface area contributed by atoms with E-state index in [2.05, 4.69) is 0 Å². The summed E-state index contributed by atoms with van der Waals surface area (Å²) >= 11 is 0. The number of carbonyl (C=O) groups excluding carboxylic acids is 3. The minimum absolute atomic E-state index is 0.541. The van der Waals surface area contributed by atoms with Crippen LogP contribution in [0.15, 0.2) is 24.3 Å². The van der Waals surface area contributed by atoms with Crippen molar-refractivity contribution in [2.45, 2.75) is 26.1 Å². The number of aliphatic hydroxyl groups is 1. The van der Waals surface area contributed by atoms with E-state index < -0.39 is 41.1 Å². The predicted molar refractivity (Wildman–Crippen MR) is 61.5 cm³/mol. The van der Waals surface area contributed by atoms with Gasteiger partial charge in [0.1, 0.15) is 6.10 Å². The van der Waals surface area contributed by atoms with Gasteiger partial charge in [-0.3, -0.25) is 14.4 Å². The molecule has 0 aromatic carbocycles. The summed E-state index contributed by atoms with van der Waals surface area (Å²) in [4.78, 5) is 35.8. The number of rotatable bonds is 1. The lowest BCUT2D eigenvalue weighted by molar-refractivity contribution is -0.160. The van der Waals surface area contributed by atoms with E-state index in [0.717, 1.165) is 0 Å². The highest BCUT2D eigenvalue weighted by Crippen LogP contribution is 2.45. The van der Waals surface area contributed by atoms with Crippen LogP contribution in [0.4, 0.5) is 0 Å². The second kappa shape index (κ2) is 4.17. The summed E-state index contributed by atoms with van der Waals surface area (Å²) in [5.41, 5.74) is -1.81. The van der Waals surface area contributed by atoms with E-state index in [1.54, 1.807) is 19.1 Å². The molecule has 0 aromatic rings. The van der Waals surface area contributed by atoms with Gasteiger partial charge >= 0.3 is 5.97 Å². The topological polar surface area (TPSA) is 80.7 Å². The molecule has 5 heteroatoms. The zero-order valence-corrected chi connectivity index (χ0v) is 10.1. The Bertz CT molecular complexity index is 476. The molecule has 2 rings (SSSR count). The molecule has 96 valence electrons. The summed E-state index contributed by atoms with van der Waals surface area (Å²) in [6.45, 7) is 3.18. The van der Waals surface area contributed by atoms with Gasteiger partial charge in [0, 0.05) is 5.92 Å². The average molecular weight is 250 g/mol. The van der Waals surface area contributed by atoms with Gasteiger partial charge in [0.2, 0.25) is 0 Å². The van der Waals surface area contributed by atoms with Crippen LogP contribution in [0.2, 0.25) is 0 Å².